The van der Waals surface area contributed by atoms with Crippen LogP contribution in [0.1, 0.15) is 30.2 Å². The van der Waals surface area contributed by atoms with Gasteiger partial charge in [-0.05, 0) is 20.3 Å². The molecule has 1 N–H and O–H groups in total. The number of hydrogen-bond acceptors (Lipinski definition) is 3. The minimum Gasteiger partial charge on any atom is -0.308 e. The van der Waals surface area contributed by atoms with E-state index in [0.717, 1.165) is 6.54 Å². The zero-order chi connectivity index (χ0) is 8.97. The Hall–Kier alpha value is -0.410. The first-order valence-corrected chi connectivity index (χ1v) is 5.18. The van der Waals surface area contributed by atoms with Crippen LogP contribution < -0.4 is 5.32 Å². The molecule has 0 radical (unpaired) electrons. The molecule has 0 spiro atoms. The third-order valence-corrected chi connectivity index (χ3v) is 2.80. The van der Waals surface area contributed by atoms with Gasteiger partial charge in [-0.1, -0.05) is 6.92 Å². The monoisotopic (exact) mass is 184 g/mol. The molecule has 1 heterocycles. The summed E-state index contributed by atoms with van der Waals surface area (Å²) in [5, 5.41) is 4.60. The van der Waals surface area contributed by atoms with Crippen molar-refractivity contribution in [3.8, 4) is 0 Å². The van der Waals surface area contributed by atoms with E-state index < -0.39 is 0 Å². The van der Waals surface area contributed by atoms with Gasteiger partial charge >= 0.3 is 0 Å². The molecule has 0 aromatic carbocycles. The van der Waals surface area contributed by atoms with E-state index in [9.17, 15) is 0 Å². The fraction of sp³-hybridized carbons (Fsp3) is 0.667. The van der Waals surface area contributed by atoms with E-state index in [0.29, 0.717) is 6.04 Å². The average Bonchev–Trinajstić information content (AvgIpc) is 2.47. The second kappa shape index (κ2) is 4.58. The molecular formula is C9H16N2S. The number of rotatable bonds is 4. The van der Waals surface area contributed by atoms with Gasteiger partial charge in [0.25, 0.3) is 0 Å². The van der Waals surface area contributed by atoms with Crippen molar-refractivity contribution in [2.24, 2.45) is 0 Å². The summed E-state index contributed by atoms with van der Waals surface area (Å²) >= 11 is 1.77. The predicted octanol–water partition coefficient (Wildman–Crippen LogP) is 2.34. The number of nitrogens with one attached hydrogen (secondary N) is 1. The van der Waals surface area contributed by atoms with Crippen LogP contribution in [-0.2, 0) is 6.54 Å². The summed E-state index contributed by atoms with van der Waals surface area (Å²) in [6, 6.07) is 0.592. The van der Waals surface area contributed by atoms with Crippen molar-refractivity contribution >= 4 is 11.3 Å². The summed E-state index contributed by atoms with van der Waals surface area (Å²) in [6.07, 6.45) is 3.10. The molecule has 0 aliphatic rings. The van der Waals surface area contributed by atoms with Gasteiger partial charge in [0, 0.05) is 23.7 Å². The highest BCUT2D eigenvalue weighted by Crippen LogP contribution is 2.10. The fourth-order valence-corrected chi connectivity index (χ4v) is 1.63. The molecule has 0 aliphatic heterocycles. The first-order valence-electron chi connectivity index (χ1n) is 4.37. The van der Waals surface area contributed by atoms with Gasteiger partial charge < -0.3 is 5.32 Å². The molecule has 0 amide bonds. The van der Waals surface area contributed by atoms with Crippen LogP contribution in [-0.4, -0.2) is 11.0 Å². The van der Waals surface area contributed by atoms with Crippen LogP contribution >= 0.6 is 11.3 Å². The van der Waals surface area contributed by atoms with E-state index >= 15 is 0 Å². The van der Waals surface area contributed by atoms with Crippen molar-refractivity contribution in [1.82, 2.24) is 10.3 Å². The van der Waals surface area contributed by atoms with E-state index in [1.54, 1.807) is 11.3 Å². The van der Waals surface area contributed by atoms with E-state index in [2.05, 4.69) is 31.1 Å². The molecule has 1 rings (SSSR count). The van der Waals surface area contributed by atoms with E-state index in [-0.39, 0.29) is 0 Å². The molecule has 3 heteroatoms. The lowest BCUT2D eigenvalue weighted by atomic mass is 10.3. The Morgan fingerprint density at radius 2 is 2.42 bits per heavy atom. The van der Waals surface area contributed by atoms with Gasteiger partial charge in [0.2, 0.25) is 0 Å². The lowest BCUT2D eigenvalue weighted by Gasteiger charge is -2.08. The fourth-order valence-electron chi connectivity index (χ4n) is 0.889. The molecule has 1 unspecified atom stereocenters. The number of thiazole rings is 1. The number of hydrogen-bond donors (Lipinski definition) is 1. The predicted molar refractivity (Wildman–Crippen MR) is 53.4 cm³/mol. The minimum absolute atomic E-state index is 0.592. The molecule has 0 bridgehead atoms. The molecule has 68 valence electrons. The topological polar surface area (TPSA) is 24.9 Å². The van der Waals surface area contributed by atoms with Crippen molar-refractivity contribution in [2.75, 3.05) is 0 Å². The highest BCUT2D eigenvalue weighted by Gasteiger charge is 2.00. The zero-order valence-corrected chi connectivity index (χ0v) is 8.74. The van der Waals surface area contributed by atoms with Crippen molar-refractivity contribution in [1.29, 1.82) is 0 Å². The summed E-state index contributed by atoms with van der Waals surface area (Å²) in [5.74, 6) is 0. The highest BCUT2D eigenvalue weighted by atomic mass is 32.1. The highest BCUT2D eigenvalue weighted by molar-refractivity contribution is 7.11. The lowest BCUT2D eigenvalue weighted by Crippen LogP contribution is -2.24. The minimum atomic E-state index is 0.592. The largest absolute Gasteiger partial charge is 0.308 e. The van der Waals surface area contributed by atoms with Gasteiger partial charge in [0.15, 0.2) is 0 Å². The molecule has 0 aliphatic carbocycles. The number of aryl methyl sites for hydroxylation is 1. The first-order chi connectivity index (χ1) is 5.72. The van der Waals surface area contributed by atoms with Gasteiger partial charge in [-0.25, -0.2) is 4.98 Å². The Morgan fingerprint density at radius 1 is 1.67 bits per heavy atom. The van der Waals surface area contributed by atoms with Crippen molar-refractivity contribution in [2.45, 2.75) is 39.8 Å². The number of aromatic nitrogens is 1. The molecule has 0 saturated carbocycles. The molecule has 2 nitrogen and oxygen atoms in total. The van der Waals surface area contributed by atoms with Crippen LogP contribution in [0.25, 0.3) is 0 Å². The van der Waals surface area contributed by atoms with E-state index in [1.807, 2.05) is 6.20 Å². The second-order valence-corrected chi connectivity index (χ2v) is 4.37. The Labute approximate surface area is 78.0 Å². The third-order valence-electron chi connectivity index (χ3n) is 1.88. The van der Waals surface area contributed by atoms with Crippen LogP contribution in [0.3, 0.4) is 0 Å². The standard InChI is InChI=1S/C9H16N2S/c1-4-7(2)10-6-9-11-5-8(3)12-9/h5,7,10H,4,6H2,1-3H3. The third kappa shape index (κ3) is 2.91. The number of nitrogens with zero attached hydrogens (tertiary/aromatic N) is 1. The lowest BCUT2D eigenvalue weighted by molar-refractivity contribution is 0.533. The molecule has 12 heavy (non-hydrogen) atoms. The van der Waals surface area contributed by atoms with Gasteiger partial charge in [0.1, 0.15) is 5.01 Å². The molecule has 0 saturated heterocycles. The first kappa shape index (κ1) is 9.68. The maximum atomic E-state index is 4.28. The molecule has 1 atom stereocenters. The quantitative estimate of drug-likeness (QED) is 0.777. The van der Waals surface area contributed by atoms with Gasteiger partial charge in [-0.15, -0.1) is 11.3 Å². The summed E-state index contributed by atoms with van der Waals surface area (Å²) in [6.45, 7) is 7.38. The maximum Gasteiger partial charge on any atom is 0.107 e. The van der Waals surface area contributed by atoms with Crippen LogP contribution in [0.5, 0.6) is 0 Å². The molecule has 0 fully saturated rings. The van der Waals surface area contributed by atoms with Crippen LogP contribution in [0.2, 0.25) is 0 Å². The van der Waals surface area contributed by atoms with Crippen molar-refractivity contribution in [3.63, 3.8) is 0 Å². The van der Waals surface area contributed by atoms with E-state index in [4.69, 9.17) is 0 Å². The summed E-state index contributed by atoms with van der Waals surface area (Å²) in [7, 11) is 0. The summed E-state index contributed by atoms with van der Waals surface area (Å²) in [4.78, 5) is 5.57. The summed E-state index contributed by atoms with van der Waals surface area (Å²) in [5.41, 5.74) is 0. The van der Waals surface area contributed by atoms with Crippen LogP contribution in [0.15, 0.2) is 6.20 Å². The van der Waals surface area contributed by atoms with Gasteiger partial charge in [0.05, 0.1) is 0 Å². The Bertz CT molecular complexity index is 232. The Kier molecular flexibility index (Phi) is 3.69. The zero-order valence-electron chi connectivity index (χ0n) is 7.92. The molecule has 1 aromatic heterocycles. The normalized spacial score (nSPS) is 13.2. The second-order valence-electron chi connectivity index (χ2n) is 3.05. The molecule has 1 aromatic rings. The van der Waals surface area contributed by atoms with Crippen molar-refractivity contribution in [3.05, 3.63) is 16.1 Å². The average molecular weight is 184 g/mol. The Balaban J connectivity index is 2.33. The molecular weight excluding hydrogens is 168 g/mol. The van der Waals surface area contributed by atoms with E-state index in [1.165, 1.54) is 16.3 Å². The SMILES string of the molecule is CCC(C)NCc1ncc(C)s1. The van der Waals surface area contributed by atoms with Gasteiger partial charge in [-0.3, -0.25) is 0 Å². The maximum absolute atomic E-state index is 4.28. The smallest absolute Gasteiger partial charge is 0.107 e. The van der Waals surface area contributed by atoms with Crippen LogP contribution in [0, 0.1) is 6.92 Å². The van der Waals surface area contributed by atoms with Crippen LogP contribution in [0.4, 0.5) is 0 Å². The Morgan fingerprint density at radius 3 is 2.92 bits per heavy atom. The van der Waals surface area contributed by atoms with Gasteiger partial charge in [-0.2, -0.15) is 0 Å². The summed E-state index contributed by atoms with van der Waals surface area (Å²) < 4.78 is 0. The van der Waals surface area contributed by atoms with Crippen molar-refractivity contribution < 1.29 is 0 Å².